The van der Waals surface area contributed by atoms with Crippen LogP contribution in [0.4, 0.5) is 13.2 Å². The predicted molar refractivity (Wildman–Crippen MR) is 157 cm³/mol. The number of nitrogens with zero attached hydrogens (tertiary/aromatic N) is 4. The number of benzene rings is 1. The highest BCUT2D eigenvalue weighted by atomic mass is 35.5. The van der Waals surface area contributed by atoms with Crippen LogP contribution in [0, 0.1) is 11.3 Å². The molecule has 0 bridgehead atoms. The summed E-state index contributed by atoms with van der Waals surface area (Å²) in [5.41, 5.74) is 1.07. The third kappa shape index (κ3) is 8.29. The van der Waals surface area contributed by atoms with Gasteiger partial charge in [-0.1, -0.05) is 43.0 Å². The topological polar surface area (TPSA) is 92.2 Å². The average molecular weight is 623 g/mol. The summed E-state index contributed by atoms with van der Waals surface area (Å²) < 4.78 is 40.1. The van der Waals surface area contributed by atoms with E-state index >= 15 is 0 Å². The van der Waals surface area contributed by atoms with Crippen LogP contribution in [0.5, 0.6) is 0 Å². The first-order valence-corrected chi connectivity index (χ1v) is 16.0. The summed E-state index contributed by atoms with van der Waals surface area (Å²) in [6.45, 7) is 2.18. The number of likely N-dealkylation sites (tertiary alicyclic amines) is 1. The summed E-state index contributed by atoms with van der Waals surface area (Å²) in [6, 6.07) is 6.47. The van der Waals surface area contributed by atoms with Crippen molar-refractivity contribution in [2.45, 2.75) is 108 Å². The molecule has 2 amide bonds. The fourth-order valence-corrected chi connectivity index (χ4v) is 7.60. The maximum Gasteiger partial charge on any atom is 0.471 e. The van der Waals surface area contributed by atoms with Crippen molar-refractivity contribution >= 4 is 23.4 Å². The monoisotopic (exact) mass is 622 g/mol. The van der Waals surface area contributed by atoms with E-state index in [9.17, 15) is 22.8 Å². The lowest BCUT2D eigenvalue weighted by Gasteiger charge is -2.48. The standard InChI is InChI=1S/C31H42ClF3N6O2/c32-24-8-6-22(7-9-24)18-27(38-25-10-12-26(13-11-25)39-29(43)31(33,34)35)28(42)40-16-14-30(15-17-40,19-41-21-36-20-37-41)23-4-2-1-3-5-23/h6-9,20-21,23,25-27,38H,1-5,10-19H2,(H,39,43)/t25-,26+,27-/m1/s1. The Morgan fingerprint density at radius 1 is 0.977 bits per heavy atom. The molecule has 1 saturated heterocycles. The zero-order valence-electron chi connectivity index (χ0n) is 24.5. The summed E-state index contributed by atoms with van der Waals surface area (Å²) >= 11 is 6.11. The van der Waals surface area contributed by atoms with Gasteiger partial charge < -0.3 is 15.5 Å². The molecule has 2 saturated carbocycles. The lowest BCUT2D eigenvalue weighted by molar-refractivity contribution is -0.174. The van der Waals surface area contributed by atoms with Crippen LogP contribution >= 0.6 is 11.6 Å². The number of piperidine rings is 1. The Morgan fingerprint density at radius 2 is 1.63 bits per heavy atom. The van der Waals surface area contributed by atoms with Gasteiger partial charge >= 0.3 is 12.1 Å². The Labute approximate surface area is 256 Å². The lowest BCUT2D eigenvalue weighted by Crippen LogP contribution is -2.56. The Bertz CT molecular complexity index is 1190. The quantitative estimate of drug-likeness (QED) is 0.396. The summed E-state index contributed by atoms with van der Waals surface area (Å²) in [6.07, 6.45) is 9.05. The molecule has 1 aliphatic heterocycles. The van der Waals surface area contributed by atoms with Crippen LogP contribution in [-0.2, 0) is 22.6 Å². The molecular weight excluding hydrogens is 581 g/mol. The highest BCUT2D eigenvalue weighted by molar-refractivity contribution is 6.30. The fourth-order valence-electron chi connectivity index (χ4n) is 7.47. The minimum atomic E-state index is -4.89. The highest BCUT2D eigenvalue weighted by Crippen LogP contribution is 2.47. The molecule has 3 aliphatic rings. The smallest absolute Gasteiger partial charge is 0.346 e. The molecule has 5 rings (SSSR count). The van der Waals surface area contributed by atoms with E-state index in [1.807, 2.05) is 33.8 Å². The Balaban J connectivity index is 1.24. The number of nitrogens with one attached hydrogen (secondary N) is 2. The van der Waals surface area contributed by atoms with Gasteiger partial charge in [-0.05, 0) is 86.8 Å². The van der Waals surface area contributed by atoms with Gasteiger partial charge in [0.05, 0.1) is 6.04 Å². The molecule has 2 heterocycles. The van der Waals surface area contributed by atoms with E-state index in [1.165, 1.54) is 32.1 Å². The molecule has 0 unspecified atom stereocenters. The van der Waals surface area contributed by atoms with E-state index in [1.54, 1.807) is 12.7 Å². The molecule has 0 radical (unpaired) electrons. The van der Waals surface area contributed by atoms with E-state index in [2.05, 4.69) is 20.7 Å². The SMILES string of the molecule is O=C([C@@H](Cc1ccc(Cl)cc1)N[C@H]1CC[C@@H](NC(=O)C(F)(F)F)CC1)N1CCC(Cn2cncn2)(C2CCCCC2)CC1. The predicted octanol–water partition coefficient (Wildman–Crippen LogP) is 5.31. The van der Waals surface area contributed by atoms with E-state index in [0.717, 1.165) is 24.9 Å². The molecule has 1 aromatic heterocycles. The van der Waals surface area contributed by atoms with Crippen LogP contribution in [0.1, 0.15) is 76.2 Å². The first kappa shape index (κ1) is 31.8. The number of amides is 2. The van der Waals surface area contributed by atoms with E-state index in [-0.39, 0.29) is 17.4 Å². The second kappa shape index (κ2) is 14.0. The van der Waals surface area contributed by atoms with Crippen LogP contribution in [0.15, 0.2) is 36.9 Å². The molecule has 3 fully saturated rings. The van der Waals surface area contributed by atoms with Crippen molar-refractivity contribution in [3.63, 3.8) is 0 Å². The third-order valence-corrected chi connectivity index (χ3v) is 10.1. The van der Waals surface area contributed by atoms with Gasteiger partial charge in [-0.3, -0.25) is 14.3 Å². The molecule has 1 atom stereocenters. The molecule has 43 heavy (non-hydrogen) atoms. The molecule has 2 aromatic rings. The van der Waals surface area contributed by atoms with Gasteiger partial charge in [0.15, 0.2) is 0 Å². The molecule has 0 spiro atoms. The molecule has 1 aromatic carbocycles. The van der Waals surface area contributed by atoms with Crippen LogP contribution in [0.25, 0.3) is 0 Å². The molecule has 236 valence electrons. The van der Waals surface area contributed by atoms with Crippen molar-refractivity contribution in [2.24, 2.45) is 11.3 Å². The van der Waals surface area contributed by atoms with Gasteiger partial charge in [-0.25, -0.2) is 4.98 Å². The highest BCUT2D eigenvalue weighted by Gasteiger charge is 2.44. The van der Waals surface area contributed by atoms with Crippen LogP contribution in [-0.4, -0.2) is 68.9 Å². The lowest BCUT2D eigenvalue weighted by atomic mass is 9.63. The third-order valence-electron chi connectivity index (χ3n) is 9.89. The van der Waals surface area contributed by atoms with Crippen molar-refractivity contribution in [1.29, 1.82) is 0 Å². The second-order valence-corrected chi connectivity index (χ2v) is 13.1. The Hall–Kier alpha value is -2.66. The number of carbonyl (C=O) groups excluding carboxylic acids is 2. The number of alkyl halides is 3. The van der Waals surface area contributed by atoms with Crippen molar-refractivity contribution in [3.8, 4) is 0 Å². The molecule has 2 aliphatic carbocycles. The normalized spacial score (nSPS) is 24.0. The second-order valence-electron chi connectivity index (χ2n) is 12.7. The van der Waals surface area contributed by atoms with Crippen molar-refractivity contribution in [1.82, 2.24) is 30.3 Å². The number of halogens is 4. The van der Waals surface area contributed by atoms with Crippen LogP contribution in [0.3, 0.4) is 0 Å². The number of hydrogen-bond donors (Lipinski definition) is 2. The number of aromatic nitrogens is 3. The summed E-state index contributed by atoms with van der Waals surface area (Å²) in [5, 5.41) is 10.7. The number of carbonyl (C=O) groups is 2. The van der Waals surface area contributed by atoms with E-state index < -0.39 is 24.2 Å². The molecular formula is C31H42ClF3N6O2. The summed E-state index contributed by atoms with van der Waals surface area (Å²) in [4.78, 5) is 31.6. The van der Waals surface area contributed by atoms with E-state index in [0.29, 0.717) is 56.1 Å². The molecule has 8 nitrogen and oxygen atoms in total. The fraction of sp³-hybridized carbons (Fsp3) is 0.677. The maximum absolute atomic E-state index is 14.1. The van der Waals surface area contributed by atoms with Crippen LogP contribution < -0.4 is 10.6 Å². The maximum atomic E-state index is 14.1. The largest absolute Gasteiger partial charge is 0.471 e. The zero-order valence-corrected chi connectivity index (χ0v) is 25.3. The van der Waals surface area contributed by atoms with Gasteiger partial charge in [-0.15, -0.1) is 0 Å². The average Bonchev–Trinajstić information content (AvgIpc) is 3.52. The number of hydrogen-bond acceptors (Lipinski definition) is 5. The number of rotatable bonds is 9. The Morgan fingerprint density at radius 3 is 2.23 bits per heavy atom. The first-order chi connectivity index (χ1) is 20.6. The van der Waals surface area contributed by atoms with Gasteiger partial charge in [-0.2, -0.15) is 18.3 Å². The van der Waals surface area contributed by atoms with Crippen molar-refractivity contribution in [3.05, 3.63) is 47.5 Å². The van der Waals surface area contributed by atoms with E-state index in [4.69, 9.17) is 11.6 Å². The first-order valence-electron chi connectivity index (χ1n) is 15.6. The van der Waals surface area contributed by atoms with Gasteiger partial charge in [0.25, 0.3) is 0 Å². The van der Waals surface area contributed by atoms with Gasteiger partial charge in [0.1, 0.15) is 12.7 Å². The van der Waals surface area contributed by atoms with Crippen LogP contribution in [0.2, 0.25) is 5.02 Å². The van der Waals surface area contributed by atoms with Gasteiger partial charge in [0.2, 0.25) is 5.91 Å². The molecule has 12 heteroatoms. The van der Waals surface area contributed by atoms with Crippen molar-refractivity contribution in [2.75, 3.05) is 13.1 Å². The van der Waals surface area contributed by atoms with Crippen molar-refractivity contribution < 1.29 is 22.8 Å². The summed E-state index contributed by atoms with van der Waals surface area (Å²) in [7, 11) is 0. The minimum absolute atomic E-state index is 0.0290. The van der Waals surface area contributed by atoms with Gasteiger partial charge in [0, 0.05) is 36.7 Å². The summed E-state index contributed by atoms with van der Waals surface area (Å²) in [5.74, 6) is -1.22. The zero-order chi connectivity index (χ0) is 30.5. The minimum Gasteiger partial charge on any atom is -0.346 e. The molecule has 2 N–H and O–H groups in total. The Kier molecular flexibility index (Phi) is 10.3.